The SMILES string of the molecule is CN(Cc1ccccn1)C(=O)c1ccc(=O)[nH]n1. The number of nitrogens with one attached hydrogen (secondary N) is 1. The number of hydrogen-bond donors (Lipinski definition) is 1. The zero-order chi connectivity index (χ0) is 13.0. The molecule has 0 saturated heterocycles. The maximum atomic E-state index is 12.0. The number of amides is 1. The van der Waals surface area contributed by atoms with Crippen molar-refractivity contribution in [1.82, 2.24) is 20.1 Å². The zero-order valence-electron chi connectivity index (χ0n) is 9.83. The summed E-state index contributed by atoms with van der Waals surface area (Å²) in [5.41, 5.74) is 0.657. The van der Waals surface area contributed by atoms with Gasteiger partial charge in [-0.15, -0.1) is 0 Å². The third kappa shape index (κ3) is 2.79. The van der Waals surface area contributed by atoms with E-state index in [0.29, 0.717) is 6.54 Å². The molecular weight excluding hydrogens is 232 g/mol. The molecule has 2 rings (SSSR count). The minimum atomic E-state index is -0.334. The van der Waals surface area contributed by atoms with Gasteiger partial charge < -0.3 is 4.90 Å². The van der Waals surface area contributed by atoms with Gasteiger partial charge in [-0.2, -0.15) is 5.10 Å². The highest BCUT2D eigenvalue weighted by atomic mass is 16.2. The Morgan fingerprint density at radius 1 is 1.33 bits per heavy atom. The van der Waals surface area contributed by atoms with E-state index in [-0.39, 0.29) is 17.2 Å². The summed E-state index contributed by atoms with van der Waals surface area (Å²) in [6.45, 7) is 0.389. The Bertz CT molecular complexity index is 574. The van der Waals surface area contributed by atoms with Gasteiger partial charge in [0.2, 0.25) is 0 Å². The van der Waals surface area contributed by atoms with E-state index in [1.165, 1.54) is 17.0 Å². The first kappa shape index (κ1) is 12.0. The molecule has 0 aliphatic heterocycles. The molecule has 2 heterocycles. The number of aromatic nitrogens is 3. The summed E-state index contributed by atoms with van der Waals surface area (Å²) in [6.07, 6.45) is 1.67. The average molecular weight is 244 g/mol. The molecule has 0 bridgehead atoms. The van der Waals surface area contributed by atoms with Crippen LogP contribution in [0.3, 0.4) is 0 Å². The summed E-state index contributed by atoms with van der Waals surface area (Å²) in [6, 6.07) is 8.18. The van der Waals surface area contributed by atoms with Gasteiger partial charge in [-0.1, -0.05) is 6.07 Å². The van der Waals surface area contributed by atoms with Gasteiger partial charge in [0.1, 0.15) is 5.69 Å². The van der Waals surface area contributed by atoms with E-state index in [4.69, 9.17) is 0 Å². The van der Waals surface area contributed by atoms with Crippen LogP contribution in [0.15, 0.2) is 41.3 Å². The first-order valence-corrected chi connectivity index (χ1v) is 5.38. The highest BCUT2D eigenvalue weighted by molar-refractivity contribution is 5.91. The van der Waals surface area contributed by atoms with Crippen LogP contribution in [0, 0.1) is 0 Å². The summed E-state index contributed by atoms with van der Waals surface area (Å²) < 4.78 is 0. The molecule has 0 unspecified atom stereocenters. The fourth-order valence-electron chi connectivity index (χ4n) is 1.47. The summed E-state index contributed by atoms with van der Waals surface area (Å²) in [5, 5.41) is 5.92. The van der Waals surface area contributed by atoms with Crippen molar-refractivity contribution in [1.29, 1.82) is 0 Å². The van der Waals surface area contributed by atoms with Crippen LogP contribution in [-0.4, -0.2) is 33.0 Å². The molecule has 1 N–H and O–H groups in total. The van der Waals surface area contributed by atoms with Gasteiger partial charge >= 0.3 is 0 Å². The van der Waals surface area contributed by atoms with E-state index in [0.717, 1.165) is 5.69 Å². The van der Waals surface area contributed by atoms with Gasteiger partial charge in [0.05, 0.1) is 12.2 Å². The van der Waals surface area contributed by atoms with Gasteiger partial charge in [-0.3, -0.25) is 14.6 Å². The Kier molecular flexibility index (Phi) is 3.47. The molecule has 0 fully saturated rings. The van der Waals surface area contributed by atoms with Crippen molar-refractivity contribution in [2.75, 3.05) is 7.05 Å². The largest absolute Gasteiger partial charge is 0.334 e. The number of hydrogen-bond acceptors (Lipinski definition) is 4. The lowest BCUT2D eigenvalue weighted by atomic mass is 10.3. The Morgan fingerprint density at radius 3 is 2.78 bits per heavy atom. The lowest BCUT2D eigenvalue weighted by molar-refractivity contribution is 0.0776. The number of carbonyl (C=O) groups is 1. The van der Waals surface area contributed by atoms with E-state index in [2.05, 4.69) is 15.2 Å². The molecule has 0 aliphatic rings. The first-order chi connectivity index (χ1) is 8.66. The number of nitrogens with zero attached hydrogens (tertiary/aromatic N) is 3. The van der Waals surface area contributed by atoms with Crippen molar-refractivity contribution in [3.63, 3.8) is 0 Å². The molecule has 0 radical (unpaired) electrons. The number of pyridine rings is 1. The minimum absolute atomic E-state index is 0.202. The van der Waals surface area contributed by atoms with E-state index < -0.39 is 0 Å². The summed E-state index contributed by atoms with van der Waals surface area (Å²) >= 11 is 0. The van der Waals surface area contributed by atoms with Crippen LogP contribution in [0.4, 0.5) is 0 Å². The van der Waals surface area contributed by atoms with Crippen LogP contribution in [-0.2, 0) is 6.54 Å². The van der Waals surface area contributed by atoms with Crippen LogP contribution >= 0.6 is 0 Å². The second kappa shape index (κ2) is 5.22. The molecule has 1 amide bonds. The Hall–Kier alpha value is -2.50. The van der Waals surface area contributed by atoms with Gasteiger partial charge in [0.15, 0.2) is 0 Å². The predicted octanol–water partition coefficient (Wildman–Crippen LogP) is 0.437. The topological polar surface area (TPSA) is 79.0 Å². The Labute approximate surface area is 103 Å². The van der Waals surface area contributed by atoms with Crippen molar-refractivity contribution >= 4 is 5.91 Å². The van der Waals surface area contributed by atoms with E-state index in [1.54, 1.807) is 13.2 Å². The highest BCUT2D eigenvalue weighted by Gasteiger charge is 2.13. The molecule has 0 saturated carbocycles. The van der Waals surface area contributed by atoms with Gasteiger partial charge in [-0.05, 0) is 18.2 Å². The fraction of sp³-hybridized carbons (Fsp3) is 0.167. The number of aromatic amines is 1. The molecule has 2 aromatic rings. The van der Waals surface area contributed by atoms with Crippen LogP contribution in [0.1, 0.15) is 16.2 Å². The minimum Gasteiger partial charge on any atom is -0.334 e. The lowest BCUT2D eigenvalue weighted by Crippen LogP contribution is -2.28. The molecule has 6 heteroatoms. The highest BCUT2D eigenvalue weighted by Crippen LogP contribution is 2.03. The summed E-state index contributed by atoms with van der Waals surface area (Å²) in [7, 11) is 1.66. The smallest absolute Gasteiger partial charge is 0.274 e. The van der Waals surface area contributed by atoms with Crippen molar-refractivity contribution in [2.45, 2.75) is 6.54 Å². The third-order valence-corrected chi connectivity index (χ3v) is 2.37. The molecule has 6 nitrogen and oxygen atoms in total. The molecule has 0 aromatic carbocycles. The molecule has 18 heavy (non-hydrogen) atoms. The number of rotatable bonds is 3. The lowest BCUT2D eigenvalue weighted by Gasteiger charge is -2.15. The zero-order valence-corrected chi connectivity index (χ0v) is 9.83. The molecule has 0 atom stereocenters. The van der Waals surface area contributed by atoms with Crippen LogP contribution in [0.25, 0.3) is 0 Å². The Morgan fingerprint density at radius 2 is 2.17 bits per heavy atom. The van der Waals surface area contributed by atoms with Crippen molar-refractivity contribution in [2.24, 2.45) is 0 Å². The van der Waals surface area contributed by atoms with Crippen molar-refractivity contribution in [3.05, 3.63) is 58.3 Å². The second-order valence-electron chi connectivity index (χ2n) is 3.79. The molecule has 0 spiro atoms. The van der Waals surface area contributed by atoms with E-state index >= 15 is 0 Å². The fourth-order valence-corrected chi connectivity index (χ4v) is 1.47. The second-order valence-corrected chi connectivity index (χ2v) is 3.79. The first-order valence-electron chi connectivity index (χ1n) is 5.38. The monoisotopic (exact) mass is 244 g/mol. The van der Waals surface area contributed by atoms with Crippen LogP contribution in [0.2, 0.25) is 0 Å². The average Bonchev–Trinajstić information content (AvgIpc) is 2.40. The normalized spacial score (nSPS) is 10.1. The maximum Gasteiger partial charge on any atom is 0.274 e. The molecule has 92 valence electrons. The number of carbonyl (C=O) groups excluding carboxylic acids is 1. The summed E-state index contributed by atoms with van der Waals surface area (Å²) in [5.74, 6) is -0.267. The Balaban J connectivity index is 2.09. The number of H-pyrrole nitrogens is 1. The van der Waals surface area contributed by atoms with Crippen molar-refractivity contribution < 1.29 is 4.79 Å². The third-order valence-electron chi connectivity index (χ3n) is 2.37. The van der Waals surface area contributed by atoms with Gasteiger partial charge in [-0.25, -0.2) is 5.10 Å². The van der Waals surface area contributed by atoms with E-state index in [1.807, 2.05) is 18.2 Å². The predicted molar refractivity (Wildman–Crippen MR) is 64.9 cm³/mol. The quantitative estimate of drug-likeness (QED) is 0.849. The van der Waals surface area contributed by atoms with Gasteiger partial charge in [0, 0.05) is 19.3 Å². The molecule has 2 aromatic heterocycles. The maximum absolute atomic E-state index is 12.0. The van der Waals surface area contributed by atoms with Crippen molar-refractivity contribution in [3.8, 4) is 0 Å². The van der Waals surface area contributed by atoms with Crippen LogP contribution < -0.4 is 5.56 Å². The van der Waals surface area contributed by atoms with E-state index in [9.17, 15) is 9.59 Å². The van der Waals surface area contributed by atoms with Gasteiger partial charge in [0.25, 0.3) is 11.5 Å². The molecular formula is C12H12N4O2. The summed E-state index contributed by atoms with van der Waals surface area (Å²) in [4.78, 5) is 28.5. The molecule has 0 aliphatic carbocycles. The van der Waals surface area contributed by atoms with Crippen LogP contribution in [0.5, 0.6) is 0 Å². The standard InChI is InChI=1S/C12H12N4O2/c1-16(8-9-4-2-3-7-13-9)12(18)10-5-6-11(17)15-14-10/h2-7H,8H2,1H3,(H,15,17).